The molecule has 1 heterocycles. The first kappa shape index (κ1) is 12.7. The molecule has 0 aliphatic rings. The van der Waals surface area contributed by atoms with Gasteiger partial charge in [0.1, 0.15) is 11.6 Å². The molecular weight excluding hydrogens is 255 g/mol. The predicted octanol–water partition coefficient (Wildman–Crippen LogP) is 3.97. The summed E-state index contributed by atoms with van der Waals surface area (Å²) in [5.41, 5.74) is 0. The molecule has 0 spiro atoms. The number of rotatable bonds is 4. The molecule has 2 aromatic rings. The van der Waals surface area contributed by atoms with Gasteiger partial charge in [-0.1, -0.05) is 12.1 Å². The van der Waals surface area contributed by atoms with Gasteiger partial charge in [0.05, 0.1) is 5.25 Å². The van der Waals surface area contributed by atoms with Gasteiger partial charge in [0.2, 0.25) is 5.76 Å². The number of halogens is 1. The summed E-state index contributed by atoms with van der Waals surface area (Å²) in [7, 11) is 0. The summed E-state index contributed by atoms with van der Waals surface area (Å²) in [5, 5.41) is 8.60. The Hall–Kier alpha value is -1.75. The number of hydrogen-bond donors (Lipinski definition) is 1. The smallest absolute Gasteiger partial charge is 0.371 e. The van der Waals surface area contributed by atoms with Crippen LogP contribution < -0.4 is 0 Å². The van der Waals surface area contributed by atoms with Crippen molar-refractivity contribution in [1.29, 1.82) is 0 Å². The molecule has 0 aliphatic carbocycles. The first-order valence-electron chi connectivity index (χ1n) is 5.32. The molecule has 5 heteroatoms. The first-order chi connectivity index (χ1) is 8.58. The monoisotopic (exact) mass is 266 g/mol. The molecule has 0 saturated heterocycles. The number of furan rings is 1. The number of hydrogen-bond acceptors (Lipinski definition) is 3. The highest BCUT2D eigenvalue weighted by Gasteiger charge is 2.16. The third-order valence-electron chi connectivity index (χ3n) is 2.38. The Kier molecular flexibility index (Phi) is 3.72. The minimum atomic E-state index is -1.11. The van der Waals surface area contributed by atoms with Crippen molar-refractivity contribution >= 4 is 17.7 Å². The molecule has 2 rings (SSSR count). The molecule has 1 aromatic carbocycles. The van der Waals surface area contributed by atoms with E-state index >= 15 is 0 Å². The van der Waals surface area contributed by atoms with Gasteiger partial charge >= 0.3 is 5.97 Å². The normalized spacial score (nSPS) is 12.3. The third-order valence-corrected chi connectivity index (χ3v) is 3.55. The zero-order valence-corrected chi connectivity index (χ0v) is 10.4. The van der Waals surface area contributed by atoms with Gasteiger partial charge in [0.25, 0.3) is 0 Å². The fourth-order valence-corrected chi connectivity index (χ4v) is 2.44. The maximum absolute atomic E-state index is 13.5. The summed E-state index contributed by atoms with van der Waals surface area (Å²) in [6.45, 7) is 1.83. The summed E-state index contributed by atoms with van der Waals surface area (Å²) in [5.74, 6) is -0.990. The second-order valence-corrected chi connectivity index (χ2v) is 5.08. The van der Waals surface area contributed by atoms with Gasteiger partial charge in [-0.2, -0.15) is 0 Å². The standard InChI is InChI=1S/C13H11FO3S/c1-8(10-6-7-11(17-10)13(15)16)18-12-5-3-2-4-9(12)14/h2-8H,1H3,(H,15,16). The van der Waals surface area contributed by atoms with Crippen molar-refractivity contribution < 1.29 is 18.7 Å². The lowest BCUT2D eigenvalue weighted by atomic mass is 10.3. The SMILES string of the molecule is CC(Sc1ccccc1F)c1ccc(C(=O)O)o1. The van der Waals surface area contributed by atoms with Gasteiger partial charge in [-0.3, -0.25) is 0 Å². The highest BCUT2D eigenvalue weighted by molar-refractivity contribution is 7.99. The molecule has 0 amide bonds. The van der Waals surface area contributed by atoms with Gasteiger partial charge in [-0.25, -0.2) is 9.18 Å². The van der Waals surface area contributed by atoms with Crippen LogP contribution in [0.3, 0.4) is 0 Å². The minimum absolute atomic E-state index is 0.106. The number of carboxylic acids is 1. The Labute approximate surface area is 108 Å². The van der Waals surface area contributed by atoms with Crippen LogP contribution >= 0.6 is 11.8 Å². The Morgan fingerprint density at radius 2 is 2.06 bits per heavy atom. The fourth-order valence-electron chi connectivity index (χ4n) is 1.48. The second kappa shape index (κ2) is 5.27. The van der Waals surface area contributed by atoms with Crippen molar-refractivity contribution in [2.45, 2.75) is 17.1 Å². The predicted molar refractivity (Wildman–Crippen MR) is 66.3 cm³/mol. The number of carbonyl (C=O) groups is 1. The molecule has 0 aliphatic heterocycles. The lowest BCUT2D eigenvalue weighted by Gasteiger charge is -2.08. The van der Waals surface area contributed by atoms with Crippen molar-refractivity contribution in [3.63, 3.8) is 0 Å². The van der Waals surface area contributed by atoms with E-state index in [4.69, 9.17) is 9.52 Å². The van der Waals surface area contributed by atoms with E-state index in [2.05, 4.69) is 0 Å². The number of carboxylic acid groups (broad SMARTS) is 1. The number of thioether (sulfide) groups is 1. The largest absolute Gasteiger partial charge is 0.475 e. The summed E-state index contributed by atoms with van der Waals surface area (Å²) in [4.78, 5) is 11.2. The number of aromatic carboxylic acids is 1. The summed E-state index contributed by atoms with van der Waals surface area (Å²) in [6, 6.07) is 9.44. The average Bonchev–Trinajstić information content (AvgIpc) is 2.81. The van der Waals surface area contributed by atoms with Crippen LogP contribution in [0, 0.1) is 5.82 Å². The lowest BCUT2D eigenvalue weighted by molar-refractivity contribution is 0.0660. The Morgan fingerprint density at radius 3 is 2.67 bits per heavy atom. The summed E-state index contributed by atoms with van der Waals surface area (Å²) >= 11 is 1.29. The minimum Gasteiger partial charge on any atom is -0.475 e. The quantitative estimate of drug-likeness (QED) is 0.851. The van der Waals surface area contributed by atoms with Crippen LogP contribution in [0.2, 0.25) is 0 Å². The van der Waals surface area contributed by atoms with E-state index in [1.54, 1.807) is 24.3 Å². The van der Waals surface area contributed by atoms with E-state index in [0.29, 0.717) is 10.7 Å². The van der Waals surface area contributed by atoms with Gasteiger partial charge in [0.15, 0.2) is 0 Å². The topological polar surface area (TPSA) is 50.4 Å². The van der Waals surface area contributed by atoms with Crippen molar-refractivity contribution in [2.75, 3.05) is 0 Å². The molecule has 1 aromatic heterocycles. The van der Waals surface area contributed by atoms with Crippen molar-refractivity contribution in [3.8, 4) is 0 Å². The first-order valence-corrected chi connectivity index (χ1v) is 6.20. The molecule has 0 radical (unpaired) electrons. The summed E-state index contributed by atoms with van der Waals surface area (Å²) < 4.78 is 18.6. The molecule has 1 atom stereocenters. The highest BCUT2D eigenvalue weighted by Crippen LogP contribution is 2.36. The fraction of sp³-hybridized carbons (Fsp3) is 0.154. The van der Waals surface area contributed by atoms with E-state index in [-0.39, 0.29) is 16.8 Å². The van der Waals surface area contributed by atoms with Crippen LogP contribution in [0.25, 0.3) is 0 Å². The van der Waals surface area contributed by atoms with Crippen LogP contribution in [0.5, 0.6) is 0 Å². The molecule has 1 unspecified atom stereocenters. The third kappa shape index (κ3) is 2.73. The van der Waals surface area contributed by atoms with Crippen LogP contribution in [-0.2, 0) is 0 Å². The average molecular weight is 266 g/mol. The molecule has 1 N–H and O–H groups in total. The molecule has 18 heavy (non-hydrogen) atoms. The molecule has 0 saturated carbocycles. The van der Waals surface area contributed by atoms with Gasteiger partial charge in [-0.15, -0.1) is 11.8 Å². The van der Waals surface area contributed by atoms with Gasteiger partial charge < -0.3 is 9.52 Å². The van der Waals surface area contributed by atoms with E-state index in [0.717, 1.165) is 0 Å². The maximum atomic E-state index is 13.5. The highest BCUT2D eigenvalue weighted by atomic mass is 32.2. The summed E-state index contributed by atoms with van der Waals surface area (Å²) in [6.07, 6.45) is 0. The lowest BCUT2D eigenvalue weighted by Crippen LogP contribution is -1.92. The van der Waals surface area contributed by atoms with E-state index in [1.165, 1.54) is 23.9 Å². The van der Waals surface area contributed by atoms with Crippen LogP contribution in [0.15, 0.2) is 45.7 Å². The van der Waals surface area contributed by atoms with Crippen molar-refractivity contribution in [1.82, 2.24) is 0 Å². The van der Waals surface area contributed by atoms with Crippen LogP contribution in [-0.4, -0.2) is 11.1 Å². The molecule has 3 nitrogen and oxygen atoms in total. The zero-order valence-electron chi connectivity index (χ0n) is 9.59. The Bertz CT molecular complexity index is 565. The second-order valence-electron chi connectivity index (χ2n) is 3.70. The van der Waals surface area contributed by atoms with Crippen molar-refractivity contribution in [2.24, 2.45) is 0 Å². The Morgan fingerprint density at radius 1 is 1.33 bits per heavy atom. The molecule has 0 fully saturated rings. The van der Waals surface area contributed by atoms with Gasteiger partial charge in [-0.05, 0) is 31.2 Å². The van der Waals surface area contributed by atoms with E-state index < -0.39 is 5.97 Å². The van der Waals surface area contributed by atoms with Crippen LogP contribution in [0.4, 0.5) is 4.39 Å². The maximum Gasteiger partial charge on any atom is 0.371 e. The van der Waals surface area contributed by atoms with E-state index in [9.17, 15) is 9.18 Å². The van der Waals surface area contributed by atoms with Gasteiger partial charge in [0, 0.05) is 4.90 Å². The van der Waals surface area contributed by atoms with E-state index in [1.807, 2.05) is 6.92 Å². The van der Waals surface area contributed by atoms with Crippen molar-refractivity contribution in [3.05, 3.63) is 53.7 Å². The Balaban J connectivity index is 2.14. The molecule has 0 bridgehead atoms. The zero-order chi connectivity index (χ0) is 13.1. The number of benzene rings is 1. The van der Waals surface area contributed by atoms with Crippen LogP contribution in [0.1, 0.15) is 28.5 Å². The molecule has 94 valence electrons. The molecular formula is C13H11FO3S.